The monoisotopic (exact) mass is 408 g/mol. The van der Waals surface area contributed by atoms with Crippen LogP contribution < -0.4 is 10.1 Å². The summed E-state index contributed by atoms with van der Waals surface area (Å²) in [4.78, 5) is 27.3. The molecule has 10 nitrogen and oxygen atoms in total. The van der Waals surface area contributed by atoms with Crippen molar-refractivity contribution in [3.8, 4) is 11.6 Å². The van der Waals surface area contributed by atoms with Gasteiger partial charge in [-0.25, -0.2) is 9.67 Å². The second-order valence-corrected chi connectivity index (χ2v) is 7.15. The first-order valence-electron chi connectivity index (χ1n) is 9.54. The van der Waals surface area contributed by atoms with E-state index in [0.29, 0.717) is 29.8 Å². The molecule has 1 fully saturated rings. The summed E-state index contributed by atoms with van der Waals surface area (Å²) in [5.74, 6) is 0.843. The fourth-order valence-corrected chi connectivity index (χ4v) is 2.88. The molecule has 0 saturated heterocycles. The molecule has 1 saturated carbocycles. The summed E-state index contributed by atoms with van der Waals surface area (Å²) in [6, 6.07) is 9.62. The largest absolute Gasteiger partial charge is 0.477 e. The summed E-state index contributed by atoms with van der Waals surface area (Å²) in [5.41, 5.74) is 1.85. The molecule has 4 rings (SSSR count). The zero-order valence-corrected chi connectivity index (χ0v) is 16.3. The Balaban J connectivity index is 1.39. The van der Waals surface area contributed by atoms with Crippen LogP contribution >= 0.6 is 0 Å². The molecule has 30 heavy (non-hydrogen) atoms. The maximum absolute atomic E-state index is 12.5. The van der Waals surface area contributed by atoms with Crippen LogP contribution in [0.15, 0.2) is 42.6 Å². The van der Waals surface area contributed by atoms with Gasteiger partial charge in [0, 0.05) is 30.9 Å². The summed E-state index contributed by atoms with van der Waals surface area (Å²) in [6.45, 7) is 2.65. The number of hydrogen-bond acceptors (Lipinski definition) is 7. The van der Waals surface area contributed by atoms with Gasteiger partial charge in [0.2, 0.25) is 5.88 Å². The predicted octanol–water partition coefficient (Wildman–Crippen LogP) is 2.60. The van der Waals surface area contributed by atoms with Crippen molar-refractivity contribution < 1.29 is 14.5 Å². The fraction of sp³-hybridized carbons (Fsp3) is 0.300. The molecule has 0 bridgehead atoms. The number of benzene rings is 1. The van der Waals surface area contributed by atoms with Gasteiger partial charge in [0.05, 0.1) is 22.9 Å². The molecule has 0 unspecified atom stereocenters. The van der Waals surface area contributed by atoms with Crippen LogP contribution in [0.5, 0.6) is 5.88 Å². The van der Waals surface area contributed by atoms with Gasteiger partial charge < -0.3 is 10.1 Å². The summed E-state index contributed by atoms with van der Waals surface area (Å²) in [7, 11) is 0. The van der Waals surface area contributed by atoms with Gasteiger partial charge in [-0.15, -0.1) is 5.10 Å². The van der Waals surface area contributed by atoms with Crippen molar-refractivity contribution in [2.45, 2.75) is 26.3 Å². The highest BCUT2D eigenvalue weighted by atomic mass is 16.6. The summed E-state index contributed by atoms with van der Waals surface area (Å²) >= 11 is 0. The topological polar surface area (TPSA) is 125 Å². The van der Waals surface area contributed by atoms with E-state index in [2.05, 4.69) is 20.6 Å². The maximum atomic E-state index is 12.5. The zero-order valence-electron chi connectivity index (χ0n) is 16.3. The number of non-ortho nitro benzene ring substituents is 1. The Morgan fingerprint density at radius 2 is 2.17 bits per heavy atom. The van der Waals surface area contributed by atoms with Crippen LogP contribution in [0.3, 0.4) is 0 Å². The lowest BCUT2D eigenvalue weighted by molar-refractivity contribution is -0.384. The van der Waals surface area contributed by atoms with Gasteiger partial charge in [-0.2, -0.15) is 0 Å². The number of carbonyl (C=O) groups excluding carboxylic acids is 1. The van der Waals surface area contributed by atoms with Crippen molar-refractivity contribution >= 4 is 11.6 Å². The molecule has 2 heterocycles. The third kappa shape index (κ3) is 4.43. The zero-order chi connectivity index (χ0) is 21.1. The Bertz CT molecular complexity index is 1080. The Morgan fingerprint density at radius 1 is 1.33 bits per heavy atom. The van der Waals surface area contributed by atoms with Crippen LogP contribution in [0.1, 0.15) is 34.6 Å². The van der Waals surface area contributed by atoms with Crippen LogP contribution in [0.2, 0.25) is 0 Å². The van der Waals surface area contributed by atoms with Crippen molar-refractivity contribution in [2.24, 2.45) is 5.92 Å². The van der Waals surface area contributed by atoms with Gasteiger partial charge in [0.15, 0.2) is 5.69 Å². The number of nitrogens with zero attached hydrogens (tertiary/aromatic N) is 5. The molecule has 2 aromatic heterocycles. The third-order valence-corrected chi connectivity index (χ3v) is 4.81. The smallest absolute Gasteiger partial charge is 0.274 e. The number of pyridine rings is 1. The fourth-order valence-electron chi connectivity index (χ4n) is 2.88. The molecule has 0 atom stereocenters. The minimum absolute atomic E-state index is 0.0644. The first kappa shape index (κ1) is 19.5. The summed E-state index contributed by atoms with van der Waals surface area (Å²) in [5, 5.41) is 21.7. The summed E-state index contributed by atoms with van der Waals surface area (Å²) in [6.07, 6.45) is 4.10. The highest BCUT2D eigenvalue weighted by Gasteiger charge is 2.22. The van der Waals surface area contributed by atoms with Gasteiger partial charge >= 0.3 is 0 Å². The molecule has 1 N–H and O–H groups in total. The van der Waals surface area contributed by atoms with Gasteiger partial charge in [0.1, 0.15) is 0 Å². The molecule has 1 aliphatic rings. The van der Waals surface area contributed by atoms with Gasteiger partial charge in [-0.1, -0.05) is 17.3 Å². The van der Waals surface area contributed by atoms with Crippen molar-refractivity contribution in [1.82, 2.24) is 25.3 Å². The number of ether oxygens (including phenoxy) is 1. The average Bonchev–Trinajstić information content (AvgIpc) is 3.51. The van der Waals surface area contributed by atoms with E-state index in [1.54, 1.807) is 31.3 Å². The molecule has 0 radical (unpaired) electrons. The van der Waals surface area contributed by atoms with Crippen molar-refractivity contribution in [3.05, 3.63) is 69.7 Å². The minimum Gasteiger partial charge on any atom is -0.477 e. The van der Waals surface area contributed by atoms with E-state index in [9.17, 15) is 14.9 Å². The number of nitrogens with one attached hydrogen (secondary N) is 1. The van der Waals surface area contributed by atoms with Gasteiger partial charge in [-0.3, -0.25) is 14.9 Å². The lowest BCUT2D eigenvalue weighted by Crippen LogP contribution is -2.24. The van der Waals surface area contributed by atoms with E-state index in [1.807, 2.05) is 6.07 Å². The lowest BCUT2D eigenvalue weighted by atomic mass is 10.2. The SMILES string of the molecule is Cc1c(C(=O)NCc2ccc(OCC3CC3)nc2)nnn1-c1cccc([N+](=O)[O-])c1. The molecule has 3 aromatic rings. The molecule has 1 amide bonds. The number of hydrogen-bond donors (Lipinski definition) is 1. The number of aromatic nitrogens is 4. The Hall–Kier alpha value is -3.82. The molecule has 154 valence electrons. The van der Waals surface area contributed by atoms with E-state index in [-0.39, 0.29) is 17.9 Å². The van der Waals surface area contributed by atoms with E-state index in [1.165, 1.54) is 29.7 Å². The number of amides is 1. The van der Waals surface area contributed by atoms with Crippen LogP contribution in [0.4, 0.5) is 5.69 Å². The molecule has 1 aliphatic carbocycles. The van der Waals surface area contributed by atoms with Crippen molar-refractivity contribution in [1.29, 1.82) is 0 Å². The Morgan fingerprint density at radius 3 is 2.87 bits per heavy atom. The molecular weight excluding hydrogens is 388 g/mol. The molecule has 0 spiro atoms. The number of rotatable bonds is 8. The second-order valence-electron chi connectivity index (χ2n) is 7.15. The minimum atomic E-state index is -0.486. The second kappa shape index (κ2) is 8.27. The van der Waals surface area contributed by atoms with Crippen LogP contribution in [0, 0.1) is 23.0 Å². The highest BCUT2D eigenvalue weighted by molar-refractivity contribution is 5.93. The standard InChI is InChI=1S/C20H20N6O4/c1-13-19(23-24-25(13)16-3-2-4-17(9-16)26(28)29)20(27)22-11-15-7-8-18(21-10-15)30-12-14-5-6-14/h2-4,7-10,14H,5-6,11-12H2,1H3,(H,22,27). The maximum Gasteiger partial charge on any atom is 0.274 e. The van der Waals surface area contributed by atoms with E-state index in [0.717, 1.165) is 5.56 Å². The third-order valence-electron chi connectivity index (χ3n) is 4.81. The van der Waals surface area contributed by atoms with Crippen LogP contribution in [-0.2, 0) is 6.54 Å². The molecular formula is C20H20N6O4. The quantitative estimate of drug-likeness (QED) is 0.448. The van der Waals surface area contributed by atoms with E-state index >= 15 is 0 Å². The number of nitro groups is 1. The predicted molar refractivity (Wildman–Crippen MR) is 106 cm³/mol. The van der Waals surface area contributed by atoms with Crippen molar-refractivity contribution in [3.63, 3.8) is 0 Å². The highest BCUT2D eigenvalue weighted by Crippen LogP contribution is 2.29. The van der Waals surface area contributed by atoms with Crippen LogP contribution in [-0.4, -0.2) is 37.4 Å². The van der Waals surface area contributed by atoms with Gasteiger partial charge in [0.25, 0.3) is 11.6 Å². The number of carbonyl (C=O) groups is 1. The van der Waals surface area contributed by atoms with Gasteiger partial charge in [-0.05, 0) is 37.3 Å². The first-order chi connectivity index (χ1) is 14.5. The van der Waals surface area contributed by atoms with Crippen LogP contribution in [0.25, 0.3) is 5.69 Å². The molecule has 10 heteroatoms. The lowest BCUT2D eigenvalue weighted by Gasteiger charge is -2.07. The average molecular weight is 408 g/mol. The Labute approximate surface area is 172 Å². The normalized spacial score (nSPS) is 13.1. The van der Waals surface area contributed by atoms with Crippen molar-refractivity contribution in [2.75, 3.05) is 6.61 Å². The van der Waals surface area contributed by atoms with E-state index < -0.39 is 10.8 Å². The Kier molecular flexibility index (Phi) is 5.38. The molecule has 1 aromatic carbocycles. The van der Waals surface area contributed by atoms with E-state index in [4.69, 9.17) is 4.74 Å². The number of nitro benzene ring substituents is 1. The first-order valence-corrected chi connectivity index (χ1v) is 9.54. The molecule has 0 aliphatic heterocycles. The summed E-state index contributed by atoms with van der Waals surface area (Å²) < 4.78 is 7.00.